The van der Waals surface area contributed by atoms with Crippen LogP contribution in [-0.2, 0) is 6.54 Å². The summed E-state index contributed by atoms with van der Waals surface area (Å²) in [6.07, 6.45) is 24.1. The second-order valence-corrected chi connectivity index (χ2v) is 11.2. The molecule has 0 aliphatic rings. The van der Waals surface area contributed by atoms with Crippen LogP contribution in [0.15, 0.2) is 102 Å². The van der Waals surface area contributed by atoms with Gasteiger partial charge in [0.25, 0.3) is 0 Å². The lowest BCUT2D eigenvalue weighted by Gasteiger charge is -2.04. The highest BCUT2D eigenvalue weighted by Crippen LogP contribution is 2.32. The summed E-state index contributed by atoms with van der Waals surface area (Å²) < 4.78 is 8.69. The van der Waals surface area contributed by atoms with Gasteiger partial charge in [-0.1, -0.05) is 120 Å². The first-order valence-corrected chi connectivity index (χ1v) is 15.9. The molecule has 210 valence electrons. The zero-order valence-electron chi connectivity index (χ0n) is 24.7. The fourth-order valence-corrected chi connectivity index (χ4v) is 5.45. The molecule has 0 aliphatic carbocycles. The number of hydrogen-bond donors (Lipinski definition) is 0. The van der Waals surface area contributed by atoms with Crippen molar-refractivity contribution in [2.45, 2.75) is 103 Å². The molecule has 40 heavy (non-hydrogen) atoms. The van der Waals surface area contributed by atoms with Crippen LogP contribution >= 0.6 is 0 Å². The van der Waals surface area contributed by atoms with E-state index in [1.54, 1.807) is 0 Å². The van der Waals surface area contributed by atoms with E-state index in [1.807, 2.05) is 12.1 Å². The smallest absolute Gasteiger partial charge is 0.207 e. The quantitative estimate of drug-likeness (QED) is 0.0702. The van der Waals surface area contributed by atoms with Crippen molar-refractivity contribution >= 4 is 0 Å². The topological polar surface area (TPSA) is 15.2 Å². The molecule has 0 bridgehead atoms. The molecule has 2 aromatic carbocycles. The Bertz CT molecular complexity index is 1160. The predicted molar refractivity (Wildman–Crippen MR) is 170 cm³/mol. The van der Waals surface area contributed by atoms with Crippen molar-refractivity contribution < 1.29 is 8.98 Å². The van der Waals surface area contributed by atoms with Crippen LogP contribution in [0, 0.1) is 0 Å². The number of nitrogens with zero attached hydrogens (tertiary/aromatic N) is 1. The molecule has 4 rings (SSSR count). The fourth-order valence-electron chi connectivity index (χ4n) is 5.45. The van der Waals surface area contributed by atoms with Gasteiger partial charge in [-0.15, -0.1) is 0 Å². The van der Waals surface area contributed by atoms with Gasteiger partial charge in [-0.3, -0.25) is 0 Å². The van der Waals surface area contributed by atoms with Gasteiger partial charge in [0, 0.05) is 24.1 Å². The number of hydrogen-bond acceptors (Lipinski definition) is 0. The first-order valence-electron chi connectivity index (χ1n) is 15.9. The predicted octanol–water partition coefficient (Wildman–Crippen LogP) is 11.3. The van der Waals surface area contributed by atoms with Gasteiger partial charge in [0.15, 0.2) is 12.4 Å². The first kappa shape index (κ1) is 29.7. The second-order valence-electron chi connectivity index (χ2n) is 11.2. The average molecular weight is 536 g/mol. The van der Waals surface area contributed by atoms with E-state index in [0.717, 1.165) is 29.2 Å². The van der Waals surface area contributed by atoms with Gasteiger partial charge in [-0.25, -0.2) is 8.98 Å². The number of pyridine rings is 1. The van der Waals surface area contributed by atoms with Gasteiger partial charge in [0.1, 0.15) is 6.54 Å². The molecule has 2 nitrogen and oxygen atoms in total. The Labute approximate surface area is 243 Å². The highest BCUT2D eigenvalue weighted by atomic mass is 16.3. The Morgan fingerprint density at radius 3 is 1.32 bits per heavy atom. The second kappa shape index (κ2) is 17.4. The van der Waals surface area contributed by atoms with E-state index < -0.39 is 0 Å². The van der Waals surface area contributed by atoms with Gasteiger partial charge in [0.05, 0.1) is 23.3 Å². The lowest BCUT2D eigenvalue weighted by Crippen LogP contribution is -2.32. The molecule has 2 aromatic heterocycles. The fraction of sp³-hybridized carbons (Fsp3) is 0.421. The van der Waals surface area contributed by atoms with Gasteiger partial charge in [-0.05, 0) is 36.2 Å². The Kier molecular flexibility index (Phi) is 13.0. The first-order chi connectivity index (χ1) is 19.8. The third-order valence-corrected chi connectivity index (χ3v) is 7.90. The minimum absolute atomic E-state index is 0.885. The maximum atomic E-state index is 6.36. The molecule has 0 spiro atoms. The maximum absolute atomic E-state index is 6.36. The van der Waals surface area contributed by atoms with Crippen LogP contribution in [0.3, 0.4) is 0 Å². The standard InChI is InChI=1S/C38H49NO/c1-2-3-4-5-6-7-8-9-10-11-12-13-14-21-28-39-29-26-33(27-30-39)36-31-37(34-22-17-15-18-23-34)40-38(32-36)35-24-19-16-20-25-35/h15-20,22-27,29-32H,2-14,21,28H2,1H3/q+2. The van der Waals surface area contributed by atoms with Crippen LogP contribution in [0.1, 0.15) is 96.8 Å². The van der Waals surface area contributed by atoms with Crippen molar-refractivity contribution in [2.24, 2.45) is 0 Å². The SMILES string of the molecule is CCCCCCCCCCCCCCCC[n+]1ccc(-c2cc(-c3ccccc3)[o+]c(-c3ccccc3)c2)cc1. The van der Waals surface area contributed by atoms with Gasteiger partial charge in [0.2, 0.25) is 0 Å². The van der Waals surface area contributed by atoms with E-state index in [-0.39, 0.29) is 0 Å². The molecule has 0 fully saturated rings. The summed E-state index contributed by atoms with van der Waals surface area (Å²) in [5, 5.41) is 0. The summed E-state index contributed by atoms with van der Waals surface area (Å²) in [6.45, 7) is 3.38. The molecule has 0 saturated carbocycles. The Morgan fingerprint density at radius 2 is 0.875 bits per heavy atom. The highest BCUT2D eigenvalue weighted by molar-refractivity contribution is 5.74. The molecule has 0 radical (unpaired) electrons. The summed E-state index contributed by atoms with van der Waals surface area (Å²) in [5.41, 5.74) is 4.56. The molecule has 2 heterocycles. The minimum Gasteiger partial charge on any atom is -0.207 e. The number of aromatic nitrogens is 1. The van der Waals surface area contributed by atoms with Crippen molar-refractivity contribution in [3.05, 3.63) is 97.3 Å². The van der Waals surface area contributed by atoms with E-state index in [1.165, 1.54) is 101 Å². The summed E-state index contributed by atoms with van der Waals surface area (Å²) in [7, 11) is 0. The molecule has 4 aromatic rings. The van der Waals surface area contributed by atoms with Crippen molar-refractivity contribution in [2.75, 3.05) is 0 Å². The minimum atomic E-state index is 0.885. The van der Waals surface area contributed by atoms with Gasteiger partial charge in [-0.2, -0.15) is 0 Å². The van der Waals surface area contributed by atoms with Gasteiger partial charge < -0.3 is 0 Å². The van der Waals surface area contributed by atoms with Crippen LogP contribution in [0.5, 0.6) is 0 Å². The van der Waals surface area contributed by atoms with Crippen LogP contribution in [0.4, 0.5) is 0 Å². The van der Waals surface area contributed by atoms with Crippen LogP contribution in [-0.4, -0.2) is 0 Å². The third kappa shape index (κ3) is 10.0. The maximum Gasteiger partial charge on any atom is 0.361 e. The number of benzene rings is 2. The van der Waals surface area contributed by atoms with Gasteiger partial charge >= 0.3 is 11.5 Å². The van der Waals surface area contributed by atoms with E-state index >= 15 is 0 Å². The Balaban J connectivity index is 1.22. The summed E-state index contributed by atoms with van der Waals surface area (Å²) >= 11 is 0. The number of aryl methyl sites for hydroxylation is 1. The van der Waals surface area contributed by atoms with Crippen LogP contribution < -0.4 is 4.57 Å². The summed E-state index contributed by atoms with van der Waals surface area (Å²) in [6, 6.07) is 29.5. The van der Waals surface area contributed by atoms with E-state index in [0.29, 0.717) is 0 Å². The van der Waals surface area contributed by atoms with Crippen molar-refractivity contribution in [3.8, 4) is 33.8 Å². The zero-order valence-corrected chi connectivity index (χ0v) is 24.7. The summed E-state index contributed by atoms with van der Waals surface area (Å²) in [4.78, 5) is 0. The molecular weight excluding hydrogens is 486 g/mol. The van der Waals surface area contributed by atoms with E-state index in [9.17, 15) is 0 Å². The molecule has 0 amide bonds. The van der Waals surface area contributed by atoms with E-state index in [2.05, 4.69) is 96.7 Å². The third-order valence-electron chi connectivity index (χ3n) is 7.90. The monoisotopic (exact) mass is 535 g/mol. The molecular formula is C38H49NO+2. The molecule has 0 saturated heterocycles. The number of unbranched alkanes of at least 4 members (excludes halogenated alkanes) is 13. The molecule has 0 aliphatic heterocycles. The largest absolute Gasteiger partial charge is 0.361 e. The van der Waals surface area contributed by atoms with E-state index in [4.69, 9.17) is 4.42 Å². The van der Waals surface area contributed by atoms with Crippen LogP contribution in [0.2, 0.25) is 0 Å². The molecule has 0 N–H and O–H groups in total. The lowest BCUT2D eigenvalue weighted by molar-refractivity contribution is -0.697. The average Bonchev–Trinajstić information content (AvgIpc) is 3.02. The van der Waals surface area contributed by atoms with Crippen LogP contribution in [0.25, 0.3) is 33.8 Å². The molecule has 0 unspecified atom stereocenters. The zero-order chi connectivity index (χ0) is 27.7. The lowest BCUT2D eigenvalue weighted by atomic mass is 10.0. The summed E-state index contributed by atoms with van der Waals surface area (Å²) in [5.74, 6) is 1.77. The molecule has 0 atom stereocenters. The Hall–Kier alpha value is -3.26. The van der Waals surface area contributed by atoms with Crippen molar-refractivity contribution in [1.82, 2.24) is 0 Å². The normalized spacial score (nSPS) is 11.1. The van der Waals surface area contributed by atoms with Crippen molar-refractivity contribution in [3.63, 3.8) is 0 Å². The molecule has 2 heteroatoms. The Morgan fingerprint density at radius 1 is 0.450 bits per heavy atom. The highest BCUT2D eigenvalue weighted by Gasteiger charge is 2.20. The van der Waals surface area contributed by atoms with Crippen molar-refractivity contribution in [1.29, 1.82) is 0 Å². The number of rotatable bonds is 18.